The van der Waals surface area contributed by atoms with E-state index >= 15 is 0 Å². The van der Waals surface area contributed by atoms with Crippen LogP contribution >= 0.6 is 0 Å². The Morgan fingerprint density at radius 2 is 1.70 bits per heavy atom. The van der Waals surface area contributed by atoms with Crippen LogP contribution in [0.5, 0.6) is 0 Å². The summed E-state index contributed by atoms with van der Waals surface area (Å²) in [7, 11) is 0. The monoisotopic (exact) mass is 261 g/mol. The number of anilines is 2. The zero-order valence-electron chi connectivity index (χ0n) is 11.2. The van der Waals surface area contributed by atoms with E-state index in [0.717, 1.165) is 27.7 Å². The molecule has 20 heavy (non-hydrogen) atoms. The summed E-state index contributed by atoms with van der Waals surface area (Å²) in [5, 5.41) is 13.5. The molecule has 3 heteroatoms. The first-order valence-corrected chi connectivity index (χ1v) is 6.50. The SMILES string of the molecule is CC(=N)c1ccccc1Nc1cncc2ccccc12. The summed E-state index contributed by atoms with van der Waals surface area (Å²) >= 11 is 0. The van der Waals surface area contributed by atoms with Crippen molar-refractivity contribution in [2.45, 2.75) is 6.92 Å². The third kappa shape index (κ3) is 2.26. The molecule has 1 aromatic heterocycles. The maximum absolute atomic E-state index is 7.85. The first-order valence-electron chi connectivity index (χ1n) is 6.50. The van der Waals surface area contributed by atoms with Crippen molar-refractivity contribution in [3.8, 4) is 0 Å². The van der Waals surface area contributed by atoms with Gasteiger partial charge in [-0.3, -0.25) is 4.98 Å². The minimum absolute atomic E-state index is 0.543. The van der Waals surface area contributed by atoms with Gasteiger partial charge in [0.25, 0.3) is 0 Å². The average Bonchev–Trinajstić information content (AvgIpc) is 2.48. The second-order valence-electron chi connectivity index (χ2n) is 4.70. The van der Waals surface area contributed by atoms with Crippen LogP contribution in [0, 0.1) is 5.41 Å². The van der Waals surface area contributed by atoms with Crippen molar-refractivity contribution < 1.29 is 0 Å². The summed E-state index contributed by atoms with van der Waals surface area (Å²) in [6.07, 6.45) is 3.67. The Kier molecular flexibility index (Phi) is 3.17. The Morgan fingerprint density at radius 3 is 2.55 bits per heavy atom. The minimum Gasteiger partial charge on any atom is -0.353 e. The number of para-hydroxylation sites is 1. The summed E-state index contributed by atoms with van der Waals surface area (Å²) in [4.78, 5) is 4.27. The lowest BCUT2D eigenvalue weighted by Gasteiger charge is -2.12. The molecular weight excluding hydrogens is 246 g/mol. The molecule has 0 aliphatic heterocycles. The molecule has 0 atom stereocenters. The van der Waals surface area contributed by atoms with Gasteiger partial charge in [-0.25, -0.2) is 0 Å². The number of aromatic nitrogens is 1. The summed E-state index contributed by atoms with van der Waals surface area (Å²) in [6.45, 7) is 1.79. The third-order valence-electron chi connectivity index (χ3n) is 3.27. The molecule has 0 fully saturated rings. The minimum atomic E-state index is 0.543. The number of nitrogens with zero attached hydrogens (tertiary/aromatic N) is 1. The maximum Gasteiger partial charge on any atom is 0.0650 e. The van der Waals surface area contributed by atoms with E-state index in [1.807, 2.05) is 54.9 Å². The summed E-state index contributed by atoms with van der Waals surface area (Å²) in [5.41, 5.74) is 3.33. The van der Waals surface area contributed by atoms with Gasteiger partial charge in [0.15, 0.2) is 0 Å². The largest absolute Gasteiger partial charge is 0.353 e. The molecule has 98 valence electrons. The van der Waals surface area contributed by atoms with Crippen LogP contribution in [0.25, 0.3) is 10.8 Å². The van der Waals surface area contributed by atoms with Gasteiger partial charge in [-0.15, -0.1) is 0 Å². The van der Waals surface area contributed by atoms with Crippen LogP contribution in [-0.2, 0) is 0 Å². The Bertz CT molecular complexity index is 773. The van der Waals surface area contributed by atoms with Crippen molar-refractivity contribution >= 4 is 27.9 Å². The van der Waals surface area contributed by atoms with Crippen molar-refractivity contribution in [3.63, 3.8) is 0 Å². The molecule has 0 bridgehead atoms. The number of fused-ring (bicyclic) bond motifs is 1. The third-order valence-corrected chi connectivity index (χ3v) is 3.27. The normalized spacial score (nSPS) is 10.4. The Balaban J connectivity index is 2.08. The molecule has 0 unspecified atom stereocenters. The number of hydrogen-bond acceptors (Lipinski definition) is 3. The number of nitrogens with one attached hydrogen (secondary N) is 2. The predicted octanol–water partition coefficient (Wildman–Crippen LogP) is 4.37. The Labute approximate surface area is 117 Å². The van der Waals surface area contributed by atoms with Crippen LogP contribution in [0.15, 0.2) is 60.9 Å². The molecule has 0 saturated heterocycles. The second-order valence-corrected chi connectivity index (χ2v) is 4.70. The van der Waals surface area contributed by atoms with Crippen LogP contribution in [0.3, 0.4) is 0 Å². The average molecular weight is 261 g/mol. The van der Waals surface area contributed by atoms with Crippen molar-refractivity contribution in [2.75, 3.05) is 5.32 Å². The molecule has 2 aromatic carbocycles. The second kappa shape index (κ2) is 5.13. The fraction of sp³-hybridized carbons (Fsp3) is 0.0588. The van der Waals surface area contributed by atoms with E-state index in [0.29, 0.717) is 5.71 Å². The highest BCUT2D eigenvalue weighted by Crippen LogP contribution is 2.27. The molecule has 0 amide bonds. The van der Waals surface area contributed by atoms with Crippen LogP contribution in [-0.4, -0.2) is 10.7 Å². The zero-order chi connectivity index (χ0) is 13.9. The number of benzene rings is 2. The standard InChI is InChI=1S/C17H15N3/c1-12(18)14-7-4-5-9-16(14)20-17-11-19-10-13-6-2-3-8-15(13)17/h2-11,18,20H,1H3. The van der Waals surface area contributed by atoms with E-state index in [9.17, 15) is 0 Å². The van der Waals surface area contributed by atoms with Gasteiger partial charge in [-0.2, -0.15) is 0 Å². The molecule has 0 aliphatic rings. The van der Waals surface area contributed by atoms with Crippen molar-refractivity contribution in [1.29, 1.82) is 5.41 Å². The fourth-order valence-electron chi connectivity index (χ4n) is 2.28. The van der Waals surface area contributed by atoms with Gasteiger partial charge >= 0.3 is 0 Å². The van der Waals surface area contributed by atoms with Crippen molar-refractivity contribution in [3.05, 3.63) is 66.5 Å². The molecule has 0 radical (unpaired) electrons. The van der Waals surface area contributed by atoms with Gasteiger partial charge in [0.05, 0.1) is 11.9 Å². The smallest absolute Gasteiger partial charge is 0.0650 e. The summed E-state index contributed by atoms with van der Waals surface area (Å²) < 4.78 is 0. The fourth-order valence-corrected chi connectivity index (χ4v) is 2.28. The van der Waals surface area contributed by atoms with Crippen molar-refractivity contribution in [2.24, 2.45) is 0 Å². The highest BCUT2D eigenvalue weighted by atomic mass is 14.9. The molecule has 3 nitrogen and oxygen atoms in total. The van der Waals surface area contributed by atoms with Crippen molar-refractivity contribution in [1.82, 2.24) is 4.98 Å². The quantitative estimate of drug-likeness (QED) is 0.688. The highest BCUT2D eigenvalue weighted by Gasteiger charge is 2.06. The summed E-state index contributed by atoms with van der Waals surface area (Å²) in [5.74, 6) is 0. The van der Waals surface area contributed by atoms with Gasteiger partial charge in [0.2, 0.25) is 0 Å². The highest BCUT2D eigenvalue weighted by molar-refractivity contribution is 6.03. The van der Waals surface area contributed by atoms with Crippen LogP contribution in [0.2, 0.25) is 0 Å². The first kappa shape index (κ1) is 12.4. The van der Waals surface area contributed by atoms with Gasteiger partial charge < -0.3 is 10.7 Å². The molecule has 2 N–H and O–H groups in total. The predicted molar refractivity (Wildman–Crippen MR) is 84.0 cm³/mol. The molecule has 3 aromatic rings. The lowest BCUT2D eigenvalue weighted by atomic mass is 10.1. The number of pyridine rings is 1. The lowest BCUT2D eigenvalue weighted by molar-refractivity contribution is 1.35. The van der Waals surface area contributed by atoms with Crippen LogP contribution in [0.1, 0.15) is 12.5 Å². The number of rotatable bonds is 3. The maximum atomic E-state index is 7.85. The van der Waals surface area contributed by atoms with E-state index in [1.165, 1.54) is 0 Å². The van der Waals surface area contributed by atoms with Gasteiger partial charge in [0.1, 0.15) is 0 Å². The van der Waals surface area contributed by atoms with Gasteiger partial charge in [-0.05, 0) is 13.0 Å². The van der Waals surface area contributed by atoms with E-state index in [1.54, 1.807) is 6.92 Å². The topological polar surface area (TPSA) is 48.8 Å². The first-order chi connectivity index (χ1) is 9.75. The molecule has 0 aliphatic carbocycles. The van der Waals surface area contributed by atoms with Gasteiger partial charge in [-0.1, -0.05) is 42.5 Å². The number of hydrogen-bond donors (Lipinski definition) is 2. The molecule has 1 heterocycles. The van der Waals surface area contributed by atoms with E-state index in [2.05, 4.69) is 16.4 Å². The van der Waals surface area contributed by atoms with Crippen LogP contribution < -0.4 is 5.32 Å². The van der Waals surface area contributed by atoms with Crippen LogP contribution in [0.4, 0.5) is 11.4 Å². The molecular formula is C17H15N3. The van der Waals surface area contributed by atoms with E-state index in [4.69, 9.17) is 5.41 Å². The van der Waals surface area contributed by atoms with E-state index < -0.39 is 0 Å². The molecule has 0 saturated carbocycles. The lowest BCUT2D eigenvalue weighted by Crippen LogP contribution is -2.00. The Hall–Kier alpha value is -2.68. The zero-order valence-corrected chi connectivity index (χ0v) is 11.2. The van der Waals surface area contributed by atoms with Gasteiger partial charge in [0, 0.05) is 33.9 Å². The summed E-state index contributed by atoms with van der Waals surface area (Å²) in [6, 6.07) is 16.0. The molecule has 0 spiro atoms. The Morgan fingerprint density at radius 1 is 0.950 bits per heavy atom. The molecule has 3 rings (SSSR count). The van der Waals surface area contributed by atoms with E-state index in [-0.39, 0.29) is 0 Å².